The van der Waals surface area contributed by atoms with E-state index in [1.54, 1.807) is 23.1 Å². The number of benzene rings is 1. The number of amides is 1. The summed E-state index contributed by atoms with van der Waals surface area (Å²) < 4.78 is 6.00. The van der Waals surface area contributed by atoms with Gasteiger partial charge in [-0.15, -0.1) is 0 Å². The zero-order valence-electron chi connectivity index (χ0n) is 12.8. The number of hydrogen-bond donors (Lipinski definition) is 1. The maximum atomic E-state index is 12.8. The minimum Gasteiger partial charge on any atom is -0.475 e. The summed E-state index contributed by atoms with van der Waals surface area (Å²) in [5, 5.41) is 0. The average molecular weight is 290 g/mol. The molecule has 0 unspecified atom stereocenters. The quantitative estimate of drug-likeness (QED) is 0.843. The molecule has 0 bridgehead atoms. The van der Waals surface area contributed by atoms with Gasteiger partial charge in [0.1, 0.15) is 5.75 Å². The minimum absolute atomic E-state index is 0.0410. The number of nitrogens with two attached hydrogens (primary N) is 1. The lowest BCUT2D eigenvalue weighted by molar-refractivity contribution is -0.136. The van der Waals surface area contributed by atoms with Gasteiger partial charge in [-0.2, -0.15) is 0 Å². The SMILES string of the molecule is CCC1(CC)Oc2ccc(C(C)=O)cc2N(CCN)C1=O. The maximum Gasteiger partial charge on any atom is 0.271 e. The fourth-order valence-electron chi connectivity index (χ4n) is 2.69. The lowest BCUT2D eigenvalue weighted by Crippen LogP contribution is -2.56. The summed E-state index contributed by atoms with van der Waals surface area (Å²) in [4.78, 5) is 26.0. The van der Waals surface area contributed by atoms with Gasteiger partial charge >= 0.3 is 0 Å². The van der Waals surface area contributed by atoms with Gasteiger partial charge in [-0.25, -0.2) is 0 Å². The number of carbonyl (C=O) groups is 2. The first kappa shape index (κ1) is 15.5. The zero-order chi connectivity index (χ0) is 15.6. The van der Waals surface area contributed by atoms with Crippen molar-refractivity contribution in [2.75, 3.05) is 18.0 Å². The molecule has 5 heteroatoms. The first-order valence-electron chi connectivity index (χ1n) is 7.35. The van der Waals surface area contributed by atoms with Crippen LogP contribution >= 0.6 is 0 Å². The summed E-state index contributed by atoms with van der Waals surface area (Å²) >= 11 is 0. The molecule has 0 aliphatic carbocycles. The Balaban J connectivity index is 2.56. The van der Waals surface area contributed by atoms with Gasteiger partial charge in [0, 0.05) is 18.7 Å². The van der Waals surface area contributed by atoms with Gasteiger partial charge in [0.2, 0.25) is 0 Å². The molecular formula is C16H22N2O3. The van der Waals surface area contributed by atoms with E-state index >= 15 is 0 Å². The molecule has 1 aliphatic heterocycles. The standard InChI is InChI=1S/C16H22N2O3/c1-4-16(5-2)15(20)18(9-8-17)13-10-12(11(3)19)6-7-14(13)21-16/h6-7,10H,4-5,8-9,17H2,1-3H3. The van der Waals surface area contributed by atoms with Gasteiger partial charge in [-0.3, -0.25) is 9.59 Å². The topological polar surface area (TPSA) is 72.6 Å². The Kier molecular flexibility index (Phi) is 4.32. The van der Waals surface area contributed by atoms with Gasteiger partial charge in [0.25, 0.3) is 5.91 Å². The van der Waals surface area contributed by atoms with E-state index in [1.807, 2.05) is 13.8 Å². The van der Waals surface area contributed by atoms with Crippen molar-refractivity contribution in [1.29, 1.82) is 0 Å². The predicted octanol–water partition coefficient (Wildman–Crippen LogP) is 2.13. The number of anilines is 1. The van der Waals surface area contributed by atoms with Gasteiger partial charge in [0.15, 0.2) is 11.4 Å². The number of Topliss-reactive ketones (excluding diaryl/α,β-unsaturated/α-hetero) is 1. The fraction of sp³-hybridized carbons (Fsp3) is 0.500. The molecule has 0 radical (unpaired) electrons. The van der Waals surface area contributed by atoms with Crippen LogP contribution in [0.3, 0.4) is 0 Å². The van der Waals surface area contributed by atoms with Crippen LogP contribution in [0.2, 0.25) is 0 Å². The highest BCUT2D eigenvalue weighted by Crippen LogP contribution is 2.40. The van der Waals surface area contributed by atoms with E-state index < -0.39 is 5.60 Å². The van der Waals surface area contributed by atoms with Crippen molar-refractivity contribution in [2.45, 2.75) is 39.2 Å². The second kappa shape index (κ2) is 5.85. The highest BCUT2D eigenvalue weighted by Gasteiger charge is 2.45. The number of ketones is 1. The number of carbonyl (C=O) groups excluding carboxylic acids is 2. The molecule has 2 N–H and O–H groups in total. The van der Waals surface area contributed by atoms with Gasteiger partial charge in [-0.1, -0.05) is 13.8 Å². The third-order valence-corrected chi connectivity index (χ3v) is 4.09. The highest BCUT2D eigenvalue weighted by molar-refractivity contribution is 6.04. The van der Waals surface area contributed by atoms with Gasteiger partial charge in [-0.05, 0) is 38.0 Å². The van der Waals surface area contributed by atoms with Crippen molar-refractivity contribution < 1.29 is 14.3 Å². The summed E-state index contributed by atoms with van der Waals surface area (Å²) in [6.45, 7) is 6.16. The summed E-state index contributed by atoms with van der Waals surface area (Å²) in [5.41, 5.74) is 6.01. The van der Waals surface area contributed by atoms with Crippen molar-refractivity contribution in [3.63, 3.8) is 0 Å². The van der Waals surface area contributed by atoms with E-state index in [9.17, 15) is 9.59 Å². The van der Waals surface area contributed by atoms with Gasteiger partial charge in [0.05, 0.1) is 5.69 Å². The summed E-state index contributed by atoms with van der Waals surface area (Å²) in [5.74, 6) is 0.517. The van der Waals surface area contributed by atoms with E-state index in [0.717, 1.165) is 0 Å². The molecule has 0 saturated heterocycles. The van der Waals surface area contributed by atoms with E-state index in [1.165, 1.54) is 6.92 Å². The first-order valence-corrected chi connectivity index (χ1v) is 7.35. The normalized spacial score (nSPS) is 16.4. The van der Waals surface area contributed by atoms with Crippen LogP contribution < -0.4 is 15.4 Å². The van der Waals surface area contributed by atoms with Crippen molar-refractivity contribution in [3.05, 3.63) is 23.8 Å². The summed E-state index contributed by atoms with van der Waals surface area (Å²) in [7, 11) is 0. The molecule has 0 spiro atoms. The van der Waals surface area contributed by atoms with Crippen molar-refractivity contribution in [1.82, 2.24) is 0 Å². The molecule has 1 aromatic carbocycles. The van der Waals surface area contributed by atoms with Crippen LogP contribution in [0.15, 0.2) is 18.2 Å². The third kappa shape index (κ3) is 2.53. The molecule has 2 rings (SSSR count). The largest absolute Gasteiger partial charge is 0.475 e. The smallest absolute Gasteiger partial charge is 0.271 e. The average Bonchev–Trinajstić information content (AvgIpc) is 2.49. The number of ether oxygens (including phenoxy) is 1. The first-order chi connectivity index (χ1) is 9.99. The van der Waals surface area contributed by atoms with E-state index in [-0.39, 0.29) is 11.7 Å². The van der Waals surface area contributed by atoms with Crippen LogP contribution in [-0.4, -0.2) is 30.4 Å². The number of rotatable bonds is 5. The van der Waals surface area contributed by atoms with Crippen molar-refractivity contribution >= 4 is 17.4 Å². The Morgan fingerprint density at radius 1 is 1.33 bits per heavy atom. The number of hydrogen-bond acceptors (Lipinski definition) is 4. The molecule has 0 atom stereocenters. The zero-order valence-corrected chi connectivity index (χ0v) is 12.8. The monoisotopic (exact) mass is 290 g/mol. The maximum absolute atomic E-state index is 12.8. The van der Waals surface area contributed by atoms with Crippen LogP contribution in [0.25, 0.3) is 0 Å². The lowest BCUT2D eigenvalue weighted by Gasteiger charge is -2.42. The molecular weight excluding hydrogens is 268 g/mol. The fourth-order valence-corrected chi connectivity index (χ4v) is 2.69. The second-order valence-corrected chi connectivity index (χ2v) is 5.29. The Hall–Kier alpha value is -1.88. The van der Waals surface area contributed by atoms with Crippen LogP contribution in [0.1, 0.15) is 44.0 Å². The van der Waals surface area contributed by atoms with E-state index in [4.69, 9.17) is 10.5 Å². The number of nitrogens with zero attached hydrogens (tertiary/aromatic N) is 1. The Morgan fingerprint density at radius 3 is 2.52 bits per heavy atom. The highest BCUT2D eigenvalue weighted by atomic mass is 16.5. The molecule has 5 nitrogen and oxygen atoms in total. The van der Waals surface area contributed by atoms with Crippen molar-refractivity contribution in [2.24, 2.45) is 5.73 Å². The Morgan fingerprint density at radius 2 is 2.00 bits per heavy atom. The molecule has 1 amide bonds. The lowest BCUT2D eigenvalue weighted by atomic mass is 9.92. The van der Waals surface area contributed by atoms with Crippen LogP contribution in [0, 0.1) is 0 Å². The summed E-state index contributed by atoms with van der Waals surface area (Å²) in [6.07, 6.45) is 1.19. The third-order valence-electron chi connectivity index (χ3n) is 4.09. The molecule has 0 saturated carbocycles. The van der Waals surface area contributed by atoms with Crippen molar-refractivity contribution in [3.8, 4) is 5.75 Å². The molecule has 1 aromatic rings. The van der Waals surface area contributed by atoms with E-state index in [0.29, 0.717) is 42.9 Å². The summed E-state index contributed by atoms with van der Waals surface area (Å²) in [6, 6.07) is 5.20. The number of fused-ring (bicyclic) bond motifs is 1. The van der Waals surface area contributed by atoms with Crippen LogP contribution in [-0.2, 0) is 4.79 Å². The molecule has 21 heavy (non-hydrogen) atoms. The molecule has 114 valence electrons. The Bertz CT molecular complexity index is 565. The Labute approximate surface area is 125 Å². The second-order valence-electron chi connectivity index (χ2n) is 5.29. The molecule has 1 aliphatic rings. The molecule has 0 aromatic heterocycles. The minimum atomic E-state index is -0.833. The van der Waals surface area contributed by atoms with Crippen LogP contribution in [0.5, 0.6) is 5.75 Å². The molecule has 0 fully saturated rings. The predicted molar refractivity (Wildman–Crippen MR) is 81.8 cm³/mol. The van der Waals surface area contributed by atoms with E-state index in [2.05, 4.69) is 0 Å². The van der Waals surface area contributed by atoms with Gasteiger partial charge < -0.3 is 15.4 Å². The molecule has 1 heterocycles. The van der Waals surface area contributed by atoms with Crippen LogP contribution in [0.4, 0.5) is 5.69 Å².